The van der Waals surface area contributed by atoms with E-state index >= 15 is 0 Å². The van der Waals surface area contributed by atoms with Gasteiger partial charge in [0.05, 0.1) is 12.5 Å². The second-order valence-electron chi connectivity index (χ2n) is 5.64. The third kappa shape index (κ3) is 4.58. The standard InChI is InChI=1S/C14H27NO3/c1-11(2)13(10-16)14(17)15(3)7-4-12-5-8-18-9-6-12/h11-13,16H,4-10H2,1-3H3. The first-order valence-electron chi connectivity index (χ1n) is 6.99. The Morgan fingerprint density at radius 1 is 1.39 bits per heavy atom. The van der Waals surface area contributed by atoms with Crippen molar-refractivity contribution >= 4 is 5.91 Å². The van der Waals surface area contributed by atoms with Crippen LogP contribution in [0.3, 0.4) is 0 Å². The average Bonchev–Trinajstić information content (AvgIpc) is 2.37. The molecule has 1 N–H and O–H groups in total. The molecule has 1 aliphatic rings. The fraction of sp³-hybridized carbons (Fsp3) is 0.929. The van der Waals surface area contributed by atoms with E-state index in [0.29, 0.717) is 5.92 Å². The Morgan fingerprint density at radius 2 is 2.00 bits per heavy atom. The van der Waals surface area contributed by atoms with E-state index in [2.05, 4.69) is 0 Å². The molecular weight excluding hydrogens is 230 g/mol. The Labute approximate surface area is 110 Å². The normalized spacial score (nSPS) is 18.9. The van der Waals surface area contributed by atoms with Crippen LogP contribution in [0, 0.1) is 17.8 Å². The number of amides is 1. The van der Waals surface area contributed by atoms with E-state index in [0.717, 1.165) is 39.0 Å². The highest BCUT2D eigenvalue weighted by Gasteiger charge is 2.25. The molecule has 4 nitrogen and oxygen atoms in total. The maximum absolute atomic E-state index is 12.1. The largest absolute Gasteiger partial charge is 0.396 e. The Kier molecular flexibility index (Phi) is 6.65. The molecule has 1 rings (SSSR count). The van der Waals surface area contributed by atoms with Crippen LogP contribution in [0.1, 0.15) is 33.1 Å². The van der Waals surface area contributed by atoms with Crippen molar-refractivity contribution in [1.82, 2.24) is 4.90 Å². The molecule has 1 atom stereocenters. The summed E-state index contributed by atoms with van der Waals surface area (Å²) in [7, 11) is 1.84. The molecule has 0 aliphatic carbocycles. The SMILES string of the molecule is CC(C)C(CO)C(=O)N(C)CCC1CCOCC1. The van der Waals surface area contributed by atoms with Gasteiger partial charge in [0.2, 0.25) is 5.91 Å². The maximum atomic E-state index is 12.1. The topological polar surface area (TPSA) is 49.8 Å². The summed E-state index contributed by atoms with van der Waals surface area (Å²) in [6, 6.07) is 0. The van der Waals surface area contributed by atoms with Gasteiger partial charge in [-0.1, -0.05) is 13.8 Å². The van der Waals surface area contributed by atoms with E-state index in [-0.39, 0.29) is 24.3 Å². The summed E-state index contributed by atoms with van der Waals surface area (Å²) < 4.78 is 5.33. The van der Waals surface area contributed by atoms with Gasteiger partial charge in [0.1, 0.15) is 0 Å². The predicted octanol–water partition coefficient (Wildman–Crippen LogP) is 1.53. The second-order valence-corrected chi connectivity index (χ2v) is 5.64. The van der Waals surface area contributed by atoms with Gasteiger partial charge in [0.25, 0.3) is 0 Å². The monoisotopic (exact) mass is 257 g/mol. The summed E-state index contributed by atoms with van der Waals surface area (Å²) in [6.45, 7) is 6.39. The summed E-state index contributed by atoms with van der Waals surface area (Å²) in [5.41, 5.74) is 0. The van der Waals surface area contributed by atoms with Crippen molar-refractivity contribution in [3.8, 4) is 0 Å². The Balaban J connectivity index is 2.34. The summed E-state index contributed by atoms with van der Waals surface area (Å²) >= 11 is 0. The number of nitrogens with zero attached hydrogens (tertiary/aromatic N) is 1. The van der Waals surface area contributed by atoms with E-state index in [1.54, 1.807) is 4.90 Å². The molecule has 4 heteroatoms. The number of aliphatic hydroxyl groups is 1. The fourth-order valence-corrected chi connectivity index (χ4v) is 2.38. The van der Waals surface area contributed by atoms with Gasteiger partial charge < -0.3 is 14.7 Å². The van der Waals surface area contributed by atoms with Crippen LogP contribution in [-0.4, -0.2) is 49.3 Å². The zero-order valence-electron chi connectivity index (χ0n) is 11.9. The van der Waals surface area contributed by atoms with Crippen LogP contribution in [-0.2, 0) is 9.53 Å². The zero-order chi connectivity index (χ0) is 13.5. The lowest BCUT2D eigenvalue weighted by molar-refractivity contribution is -0.137. The minimum absolute atomic E-state index is 0.0574. The van der Waals surface area contributed by atoms with Crippen molar-refractivity contribution in [2.24, 2.45) is 17.8 Å². The van der Waals surface area contributed by atoms with Gasteiger partial charge >= 0.3 is 0 Å². The maximum Gasteiger partial charge on any atom is 0.228 e. The highest BCUT2D eigenvalue weighted by Crippen LogP contribution is 2.19. The van der Waals surface area contributed by atoms with E-state index in [9.17, 15) is 9.90 Å². The van der Waals surface area contributed by atoms with Gasteiger partial charge in [-0.3, -0.25) is 4.79 Å². The van der Waals surface area contributed by atoms with E-state index < -0.39 is 0 Å². The van der Waals surface area contributed by atoms with Crippen molar-refractivity contribution in [1.29, 1.82) is 0 Å². The lowest BCUT2D eigenvalue weighted by atomic mass is 9.94. The second kappa shape index (κ2) is 7.74. The molecule has 0 aromatic rings. The molecule has 1 amide bonds. The van der Waals surface area contributed by atoms with Gasteiger partial charge in [0.15, 0.2) is 0 Å². The minimum Gasteiger partial charge on any atom is -0.396 e. The number of ether oxygens (including phenoxy) is 1. The molecule has 18 heavy (non-hydrogen) atoms. The van der Waals surface area contributed by atoms with E-state index in [1.807, 2.05) is 20.9 Å². The van der Waals surface area contributed by atoms with Crippen molar-refractivity contribution in [3.63, 3.8) is 0 Å². The first-order valence-corrected chi connectivity index (χ1v) is 6.99. The third-order valence-electron chi connectivity index (χ3n) is 3.91. The smallest absolute Gasteiger partial charge is 0.228 e. The number of hydrogen-bond acceptors (Lipinski definition) is 3. The first kappa shape index (κ1) is 15.4. The Hall–Kier alpha value is -0.610. The van der Waals surface area contributed by atoms with Gasteiger partial charge in [-0.2, -0.15) is 0 Å². The summed E-state index contributed by atoms with van der Waals surface area (Å²) in [4.78, 5) is 13.9. The number of aliphatic hydroxyl groups excluding tert-OH is 1. The van der Waals surface area contributed by atoms with Crippen LogP contribution in [0.4, 0.5) is 0 Å². The van der Waals surface area contributed by atoms with Crippen LogP contribution < -0.4 is 0 Å². The predicted molar refractivity (Wildman–Crippen MR) is 71.2 cm³/mol. The highest BCUT2D eigenvalue weighted by molar-refractivity contribution is 5.78. The summed E-state index contributed by atoms with van der Waals surface area (Å²) in [6.07, 6.45) is 3.26. The van der Waals surface area contributed by atoms with Crippen LogP contribution in [0.5, 0.6) is 0 Å². The molecule has 1 unspecified atom stereocenters. The molecule has 1 fully saturated rings. The lowest BCUT2D eigenvalue weighted by Crippen LogP contribution is -2.38. The van der Waals surface area contributed by atoms with Gasteiger partial charge in [-0.15, -0.1) is 0 Å². The zero-order valence-corrected chi connectivity index (χ0v) is 11.9. The Morgan fingerprint density at radius 3 is 2.50 bits per heavy atom. The van der Waals surface area contributed by atoms with Crippen molar-refractivity contribution in [2.75, 3.05) is 33.4 Å². The van der Waals surface area contributed by atoms with Crippen LogP contribution in [0.25, 0.3) is 0 Å². The first-order chi connectivity index (χ1) is 8.56. The fourth-order valence-electron chi connectivity index (χ4n) is 2.38. The van der Waals surface area contributed by atoms with Gasteiger partial charge in [0, 0.05) is 26.8 Å². The van der Waals surface area contributed by atoms with Gasteiger partial charge in [-0.05, 0) is 31.1 Å². The van der Waals surface area contributed by atoms with Crippen molar-refractivity contribution < 1.29 is 14.6 Å². The van der Waals surface area contributed by atoms with Crippen LogP contribution >= 0.6 is 0 Å². The van der Waals surface area contributed by atoms with Crippen molar-refractivity contribution in [3.05, 3.63) is 0 Å². The molecule has 0 radical (unpaired) electrons. The number of rotatable bonds is 6. The highest BCUT2D eigenvalue weighted by atomic mass is 16.5. The molecule has 0 bridgehead atoms. The molecule has 1 aliphatic heterocycles. The minimum atomic E-state index is -0.260. The molecular formula is C14H27NO3. The van der Waals surface area contributed by atoms with Crippen LogP contribution in [0.15, 0.2) is 0 Å². The lowest BCUT2D eigenvalue weighted by Gasteiger charge is -2.28. The molecule has 0 saturated carbocycles. The number of hydrogen-bond donors (Lipinski definition) is 1. The molecule has 1 heterocycles. The molecule has 106 valence electrons. The van der Waals surface area contributed by atoms with Gasteiger partial charge in [-0.25, -0.2) is 0 Å². The summed E-state index contributed by atoms with van der Waals surface area (Å²) in [5, 5.41) is 9.27. The van der Waals surface area contributed by atoms with Crippen LogP contribution in [0.2, 0.25) is 0 Å². The average molecular weight is 257 g/mol. The summed E-state index contributed by atoms with van der Waals surface area (Å²) in [5.74, 6) is 0.679. The van der Waals surface area contributed by atoms with Crippen molar-refractivity contribution in [2.45, 2.75) is 33.1 Å². The van der Waals surface area contributed by atoms with E-state index in [4.69, 9.17) is 4.74 Å². The molecule has 0 spiro atoms. The third-order valence-corrected chi connectivity index (χ3v) is 3.91. The molecule has 0 aromatic carbocycles. The quantitative estimate of drug-likeness (QED) is 0.785. The number of carbonyl (C=O) groups excluding carboxylic acids is 1. The van der Waals surface area contributed by atoms with E-state index in [1.165, 1.54) is 0 Å². The Bertz CT molecular complexity index is 249. The molecule has 1 saturated heterocycles. The number of carbonyl (C=O) groups is 1. The molecule has 0 aromatic heterocycles.